The van der Waals surface area contributed by atoms with Crippen molar-refractivity contribution in [1.82, 2.24) is 24.3 Å². The van der Waals surface area contributed by atoms with Crippen LogP contribution in [0.1, 0.15) is 5.82 Å². The lowest BCUT2D eigenvalue weighted by atomic mass is 10.2. The molecule has 114 valence electrons. The lowest BCUT2D eigenvalue weighted by molar-refractivity contribution is 0.713. The van der Waals surface area contributed by atoms with Crippen molar-refractivity contribution in [3.05, 3.63) is 65.7 Å². The normalized spacial score (nSPS) is 11.2. The molecule has 4 aromatic rings. The Labute approximate surface area is 138 Å². The first-order valence-electron chi connectivity index (χ1n) is 7.26. The Bertz CT molecular complexity index is 968. The summed E-state index contributed by atoms with van der Waals surface area (Å²) in [5.74, 6) is 1.69. The minimum Gasteiger partial charge on any atom is -0.323 e. The second-order valence-electron chi connectivity index (χ2n) is 5.37. The van der Waals surface area contributed by atoms with E-state index in [0.29, 0.717) is 11.6 Å². The first-order chi connectivity index (χ1) is 11.2. The fourth-order valence-corrected chi connectivity index (χ4v) is 2.76. The second kappa shape index (κ2) is 5.52. The van der Waals surface area contributed by atoms with Crippen LogP contribution in [-0.4, -0.2) is 24.3 Å². The summed E-state index contributed by atoms with van der Waals surface area (Å²) in [7, 11) is 1.97. The van der Waals surface area contributed by atoms with Gasteiger partial charge >= 0.3 is 0 Å². The van der Waals surface area contributed by atoms with E-state index in [4.69, 9.17) is 11.6 Å². The van der Waals surface area contributed by atoms with Crippen molar-refractivity contribution in [2.45, 2.75) is 6.54 Å². The van der Waals surface area contributed by atoms with Gasteiger partial charge in [-0.05, 0) is 36.4 Å². The fourth-order valence-electron chi connectivity index (χ4n) is 2.64. The summed E-state index contributed by atoms with van der Waals surface area (Å²) in [6.07, 6.45) is 1.83. The highest BCUT2D eigenvalue weighted by molar-refractivity contribution is 6.30. The summed E-state index contributed by atoms with van der Waals surface area (Å²) in [4.78, 5) is 4.41. The van der Waals surface area contributed by atoms with Gasteiger partial charge in [0.1, 0.15) is 0 Å². The van der Waals surface area contributed by atoms with E-state index in [1.54, 1.807) is 0 Å². The average Bonchev–Trinajstić information content (AvgIpc) is 3.14. The van der Waals surface area contributed by atoms with Gasteiger partial charge in [0.15, 0.2) is 11.6 Å². The van der Waals surface area contributed by atoms with Gasteiger partial charge in [-0.15, -0.1) is 10.2 Å². The van der Waals surface area contributed by atoms with E-state index < -0.39 is 0 Å². The Morgan fingerprint density at radius 3 is 2.61 bits per heavy atom. The molecule has 0 saturated carbocycles. The van der Waals surface area contributed by atoms with Crippen LogP contribution in [0.2, 0.25) is 5.02 Å². The predicted octanol–water partition coefficient (Wildman–Crippen LogP) is 3.53. The standard InChI is InChI=1S/C17H14ClN5/c1-22-16(10-23-11-19-14-4-2-3-5-15(14)23)20-21-17(22)12-6-8-13(18)9-7-12/h2-9,11H,10H2,1H3. The molecular weight excluding hydrogens is 310 g/mol. The monoisotopic (exact) mass is 323 g/mol. The summed E-state index contributed by atoms with van der Waals surface area (Å²) in [5, 5.41) is 9.35. The van der Waals surface area contributed by atoms with Gasteiger partial charge < -0.3 is 9.13 Å². The molecule has 0 fully saturated rings. The first kappa shape index (κ1) is 14.0. The zero-order valence-electron chi connectivity index (χ0n) is 12.5. The van der Waals surface area contributed by atoms with Gasteiger partial charge in [-0.25, -0.2) is 4.98 Å². The smallest absolute Gasteiger partial charge is 0.163 e. The molecule has 5 nitrogen and oxygen atoms in total. The first-order valence-corrected chi connectivity index (χ1v) is 7.64. The molecule has 0 amide bonds. The molecule has 2 aromatic heterocycles. The fraction of sp³-hybridized carbons (Fsp3) is 0.118. The number of hydrogen-bond donors (Lipinski definition) is 0. The zero-order chi connectivity index (χ0) is 15.8. The van der Waals surface area contributed by atoms with Crippen molar-refractivity contribution < 1.29 is 0 Å². The van der Waals surface area contributed by atoms with Crippen molar-refractivity contribution in [2.24, 2.45) is 7.05 Å². The van der Waals surface area contributed by atoms with Gasteiger partial charge in [-0.1, -0.05) is 23.7 Å². The highest BCUT2D eigenvalue weighted by Crippen LogP contribution is 2.21. The van der Waals surface area contributed by atoms with E-state index in [-0.39, 0.29) is 0 Å². The van der Waals surface area contributed by atoms with Gasteiger partial charge in [0, 0.05) is 17.6 Å². The third-order valence-electron chi connectivity index (χ3n) is 3.91. The lowest BCUT2D eigenvalue weighted by Gasteiger charge is -2.06. The summed E-state index contributed by atoms with van der Waals surface area (Å²) in [6.45, 7) is 0.623. The van der Waals surface area contributed by atoms with Crippen LogP contribution in [0, 0.1) is 0 Å². The maximum absolute atomic E-state index is 5.94. The van der Waals surface area contributed by atoms with Crippen LogP contribution in [0.25, 0.3) is 22.4 Å². The Morgan fingerprint density at radius 2 is 1.78 bits per heavy atom. The number of halogens is 1. The molecule has 0 aliphatic heterocycles. The van der Waals surface area contributed by atoms with Crippen LogP contribution in [0.4, 0.5) is 0 Å². The predicted molar refractivity (Wildman–Crippen MR) is 90.3 cm³/mol. The van der Waals surface area contributed by atoms with E-state index in [9.17, 15) is 0 Å². The molecule has 0 radical (unpaired) electrons. The molecule has 0 N–H and O–H groups in total. The third-order valence-corrected chi connectivity index (χ3v) is 4.16. The number of aromatic nitrogens is 5. The molecule has 2 heterocycles. The molecule has 0 aliphatic rings. The maximum Gasteiger partial charge on any atom is 0.163 e. The van der Waals surface area contributed by atoms with E-state index in [1.165, 1.54) is 0 Å². The van der Waals surface area contributed by atoms with Crippen LogP contribution in [0.3, 0.4) is 0 Å². The molecule has 0 spiro atoms. The number of fused-ring (bicyclic) bond motifs is 1. The van der Waals surface area contributed by atoms with Gasteiger partial charge in [-0.2, -0.15) is 0 Å². The van der Waals surface area contributed by atoms with E-state index in [2.05, 4.69) is 25.8 Å². The Kier molecular flexibility index (Phi) is 3.35. The second-order valence-corrected chi connectivity index (χ2v) is 5.80. The minimum atomic E-state index is 0.623. The van der Waals surface area contributed by atoms with Gasteiger partial charge in [0.2, 0.25) is 0 Å². The quantitative estimate of drug-likeness (QED) is 0.579. The van der Waals surface area contributed by atoms with Crippen LogP contribution in [-0.2, 0) is 13.6 Å². The summed E-state index contributed by atoms with van der Waals surface area (Å²) in [5.41, 5.74) is 3.06. The molecule has 2 aromatic carbocycles. The van der Waals surface area contributed by atoms with Crippen molar-refractivity contribution in [3.63, 3.8) is 0 Å². The number of nitrogens with zero attached hydrogens (tertiary/aromatic N) is 5. The van der Waals surface area contributed by atoms with E-state index in [0.717, 1.165) is 28.2 Å². The van der Waals surface area contributed by atoms with Crippen molar-refractivity contribution in [3.8, 4) is 11.4 Å². The molecule has 0 aliphatic carbocycles. The van der Waals surface area contributed by atoms with Gasteiger partial charge in [0.05, 0.1) is 23.9 Å². The average molecular weight is 324 g/mol. The van der Waals surface area contributed by atoms with Gasteiger partial charge in [0.25, 0.3) is 0 Å². The molecule has 4 rings (SSSR count). The highest BCUT2D eigenvalue weighted by Gasteiger charge is 2.12. The van der Waals surface area contributed by atoms with Gasteiger partial charge in [-0.3, -0.25) is 0 Å². The highest BCUT2D eigenvalue weighted by atomic mass is 35.5. The molecule has 0 bridgehead atoms. The van der Waals surface area contributed by atoms with E-state index in [1.807, 2.05) is 60.4 Å². The number of imidazole rings is 1. The molecule has 23 heavy (non-hydrogen) atoms. The van der Waals surface area contributed by atoms with Crippen LogP contribution >= 0.6 is 11.6 Å². The SMILES string of the molecule is Cn1c(Cn2cnc3ccccc32)nnc1-c1ccc(Cl)cc1. The summed E-state index contributed by atoms with van der Waals surface area (Å²) >= 11 is 5.94. The molecule has 0 atom stereocenters. The topological polar surface area (TPSA) is 48.5 Å². The van der Waals surface area contributed by atoms with E-state index >= 15 is 0 Å². The molecule has 0 unspecified atom stereocenters. The number of hydrogen-bond acceptors (Lipinski definition) is 3. The Hall–Kier alpha value is -2.66. The maximum atomic E-state index is 5.94. The Balaban J connectivity index is 1.69. The van der Waals surface area contributed by atoms with Crippen LogP contribution < -0.4 is 0 Å². The number of para-hydroxylation sites is 2. The number of rotatable bonds is 3. The van der Waals surface area contributed by atoms with Crippen molar-refractivity contribution in [2.75, 3.05) is 0 Å². The molecular formula is C17H14ClN5. The van der Waals surface area contributed by atoms with Crippen molar-refractivity contribution in [1.29, 1.82) is 0 Å². The molecule has 0 saturated heterocycles. The Morgan fingerprint density at radius 1 is 1.00 bits per heavy atom. The summed E-state index contributed by atoms with van der Waals surface area (Å²) in [6, 6.07) is 15.7. The summed E-state index contributed by atoms with van der Waals surface area (Å²) < 4.78 is 4.07. The van der Waals surface area contributed by atoms with Crippen LogP contribution in [0.15, 0.2) is 54.9 Å². The zero-order valence-corrected chi connectivity index (χ0v) is 13.3. The minimum absolute atomic E-state index is 0.623. The lowest BCUT2D eigenvalue weighted by Crippen LogP contribution is -2.05. The molecule has 6 heteroatoms. The van der Waals surface area contributed by atoms with Crippen LogP contribution in [0.5, 0.6) is 0 Å². The van der Waals surface area contributed by atoms with Crippen molar-refractivity contribution >= 4 is 22.6 Å². The largest absolute Gasteiger partial charge is 0.323 e. The number of benzene rings is 2. The third kappa shape index (κ3) is 2.49.